The fraction of sp³-hybridized carbons (Fsp3) is 0.385. The van der Waals surface area contributed by atoms with Crippen LogP contribution in [0, 0.1) is 19.8 Å². The molecular weight excluding hydrogens is 232 g/mol. The van der Waals surface area contributed by atoms with Crippen LogP contribution in [0.1, 0.15) is 25.0 Å². The van der Waals surface area contributed by atoms with Crippen molar-refractivity contribution in [1.29, 1.82) is 0 Å². The minimum absolute atomic E-state index is 0.0752. The molecule has 0 radical (unpaired) electrons. The third kappa shape index (κ3) is 3.82. The SMILES string of the molecule is Cc1cccc(C)c1NC(=S)NC(=O)C(C)C. The van der Waals surface area contributed by atoms with Gasteiger partial charge in [-0.25, -0.2) is 0 Å². The van der Waals surface area contributed by atoms with Crippen molar-refractivity contribution in [1.82, 2.24) is 5.32 Å². The molecule has 92 valence electrons. The van der Waals surface area contributed by atoms with Gasteiger partial charge in [-0.05, 0) is 37.2 Å². The molecule has 0 saturated heterocycles. The monoisotopic (exact) mass is 250 g/mol. The third-order valence-electron chi connectivity index (χ3n) is 2.48. The molecule has 0 aliphatic carbocycles. The van der Waals surface area contributed by atoms with Gasteiger partial charge < -0.3 is 10.6 Å². The van der Waals surface area contributed by atoms with Gasteiger partial charge in [0, 0.05) is 11.6 Å². The molecular formula is C13H18N2OS. The predicted molar refractivity (Wildman–Crippen MR) is 75.1 cm³/mol. The van der Waals surface area contributed by atoms with Crippen LogP contribution in [0.4, 0.5) is 5.69 Å². The smallest absolute Gasteiger partial charge is 0.228 e. The molecule has 0 unspecified atom stereocenters. The average molecular weight is 250 g/mol. The lowest BCUT2D eigenvalue weighted by atomic mass is 10.1. The van der Waals surface area contributed by atoms with E-state index in [0.717, 1.165) is 16.8 Å². The number of amides is 1. The van der Waals surface area contributed by atoms with Crippen molar-refractivity contribution in [3.05, 3.63) is 29.3 Å². The number of thiocarbonyl (C=S) groups is 1. The van der Waals surface area contributed by atoms with Crippen LogP contribution in [0.15, 0.2) is 18.2 Å². The Labute approximate surface area is 108 Å². The van der Waals surface area contributed by atoms with Gasteiger partial charge in [0.2, 0.25) is 5.91 Å². The van der Waals surface area contributed by atoms with Crippen LogP contribution in [-0.2, 0) is 4.79 Å². The van der Waals surface area contributed by atoms with Gasteiger partial charge in [-0.15, -0.1) is 0 Å². The number of carbonyl (C=O) groups is 1. The maximum absolute atomic E-state index is 11.5. The van der Waals surface area contributed by atoms with E-state index in [9.17, 15) is 4.79 Å². The van der Waals surface area contributed by atoms with Gasteiger partial charge in [0.1, 0.15) is 0 Å². The number of para-hydroxylation sites is 1. The van der Waals surface area contributed by atoms with E-state index in [2.05, 4.69) is 10.6 Å². The Hall–Kier alpha value is -1.42. The quantitative estimate of drug-likeness (QED) is 0.793. The van der Waals surface area contributed by atoms with Crippen molar-refractivity contribution < 1.29 is 4.79 Å². The zero-order chi connectivity index (χ0) is 13.0. The van der Waals surface area contributed by atoms with Crippen LogP contribution in [0.5, 0.6) is 0 Å². The Balaban J connectivity index is 2.72. The molecule has 0 fully saturated rings. The van der Waals surface area contributed by atoms with Crippen LogP contribution in [0.25, 0.3) is 0 Å². The second-order valence-corrected chi connectivity index (χ2v) is 4.77. The molecule has 1 aromatic carbocycles. The normalized spacial score (nSPS) is 10.2. The van der Waals surface area contributed by atoms with Crippen molar-refractivity contribution >= 4 is 28.9 Å². The fourth-order valence-electron chi connectivity index (χ4n) is 1.41. The summed E-state index contributed by atoms with van der Waals surface area (Å²) in [7, 11) is 0. The molecule has 0 aromatic heterocycles. The summed E-state index contributed by atoms with van der Waals surface area (Å²) in [6, 6.07) is 6.00. The molecule has 0 aliphatic rings. The third-order valence-corrected chi connectivity index (χ3v) is 2.68. The fourth-order valence-corrected chi connectivity index (χ4v) is 1.62. The zero-order valence-electron chi connectivity index (χ0n) is 10.6. The second-order valence-electron chi connectivity index (χ2n) is 4.36. The second kappa shape index (κ2) is 5.77. The van der Waals surface area contributed by atoms with Crippen LogP contribution >= 0.6 is 12.2 Å². The Bertz CT molecular complexity index is 421. The van der Waals surface area contributed by atoms with E-state index < -0.39 is 0 Å². The van der Waals surface area contributed by atoms with E-state index in [1.165, 1.54) is 0 Å². The number of benzene rings is 1. The van der Waals surface area contributed by atoms with Gasteiger partial charge in [0.05, 0.1) is 0 Å². The summed E-state index contributed by atoms with van der Waals surface area (Å²) in [6.45, 7) is 7.67. The van der Waals surface area contributed by atoms with Crippen LogP contribution < -0.4 is 10.6 Å². The largest absolute Gasteiger partial charge is 0.332 e. The van der Waals surface area contributed by atoms with E-state index in [1.807, 2.05) is 45.9 Å². The Morgan fingerprint density at radius 3 is 2.24 bits per heavy atom. The van der Waals surface area contributed by atoms with E-state index >= 15 is 0 Å². The standard InChI is InChI=1S/C13H18N2OS/c1-8(2)12(16)15-13(17)14-11-9(3)6-5-7-10(11)4/h5-8H,1-4H3,(H2,14,15,16,17). The minimum Gasteiger partial charge on any atom is -0.332 e. The van der Waals surface area contributed by atoms with Gasteiger partial charge in [-0.2, -0.15) is 0 Å². The number of aryl methyl sites for hydroxylation is 2. The molecule has 0 atom stereocenters. The first kappa shape index (κ1) is 13.6. The summed E-state index contributed by atoms with van der Waals surface area (Å²) in [5.74, 6) is -0.151. The zero-order valence-corrected chi connectivity index (χ0v) is 11.4. The van der Waals surface area contributed by atoms with Crippen molar-refractivity contribution in [2.45, 2.75) is 27.7 Å². The summed E-state index contributed by atoms with van der Waals surface area (Å²) in [4.78, 5) is 11.5. The summed E-state index contributed by atoms with van der Waals surface area (Å²) in [5.41, 5.74) is 3.17. The van der Waals surface area contributed by atoms with Crippen molar-refractivity contribution in [2.75, 3.05) is 5.32 Å². The maximum atomic E-state index is 11.5. The van der Waals surface area contributed by atoms with E-state index in [1.54, 1.807) is 0 Å². The molecule has 0 heterocycles. The van der Waals surface area contributed by atoms with Crippen LogP contribution in [0.3, 0.4) is 0 Å². The highest BCUT2D eigenvalue weighted by Crippen LogP contribution is 2.19. The number of anilines is 1. The number of carbonyl (C=O) groups excluding carboxylic acids is 1. The van der Waals surface area contributed by atoms with Crippen LogP contribution in [-0.4, -0.2) is 11.0 Å². The highest BCUT2D eigenvalue weighted by atomic mass is 32.1. The molecule has 0 aliphatic heterocycles. The van der Waals surface area contributed by atoms with E-state index in [4.69, 9.17) is 12.2 Å². The lowest BCUT2D eigenvalue weighted by molar-refractivity contribution is -0.122. The number of hydrogen-bond acceptors (Lipinski definition) is 2. The first-order valence-electron chi connectivity index (χ1n) is 5.60. The minimum atomic E-state index is -0.0762. The van der Waals surface area contributed by atoms with Gasteiger partial charge >= 0.3 is 0 Å². The topological polar surface area (TPSA) is 41.1 Å². The molecule has 2 N–H and O–H groups in total. The van der Waals surface area contributed by atoms with Crippen LogP contribution in [0.2, 0.25) is 0 Å². The first-order valence-corrected chi connectivity index (χ1v) is 6.00. The summed E-state index contributed by atoms with van der Waals surface area (Å²) < 4.78 is 0. The highest BCUT2D eigenvalue weighted by molar-refractivity contribution is 7.80. The molecule has 1 rings (SSSR count). The maximum Gasteiger partial charge on any atom is 0.228 e. The van der Waals surface area contributed by atoms with Gasteiger partial charge in [0.25, 0.3) is 0 Å². The number of rotatable bonds is 2. The molecule has 0 saturated carbocycles. The Morgan fingerprint density at radius 1 is 1.24 bits per heavy atom. The highest BCUT2D eigenvalue weighted by Gasteiger charge is 2.10. The van der Waals surface area contributed by atoms with Gasteiger partial charge in [0.15, 0.2) is 5.11 Å². The summed E-state index contributed by atoms with van der Waals surface area (Å²) in [5, 5.41) is 6.08. The summed E-state index contributed by atoms with van der Waals surface area (Å²) >= 11 is 5.11. The van der Waals surface area contributed by atoms with Crippen molar-refractivity contribution in [3.63, 3.8) is 0 Å². The number of hydrogen-bond donors (Lipinski definition) is 2. The van der Waals surface area contributed by atoms with Gasteiger partial charge in [-0.1, -0.05) is 32.0 Å². The molecule has 1 aromatic rings. The average Bonchev–Trinajstić information content (AvgIpc) is 2.23. The molecule has 0 spiro atoms. The predicted octanol–water partition coefficient (Wildman–Crippen LogP) is 2.77. The molecule has 1 amide bonds. The van der Waals surface area contributed by atoms with E-state index in [-0.39, 0.29) is 11.8 Å². The molecule has 3 nitrogen and oxygen atoms in total. The lowest BCUT2D eigenvalue weighted by Crippen LogP contribution is -2.37. The molecule has 4 heteroatoms. The van der Waals surface area contributed by atoms with E-state index in [0.29, 0.717) is 5.11 Å². The Morgan fingerprint density at radius 2 is 1.76 bits per heavy atom. The first-order chi connectivity index (χ1) is 7.91. The van der Waals surface area contributed by atoms with Crippen molar-refractivity contribution in [3.8, 4) is 0 Å². The Kier molecular flexibility index (Phi) is 4.63. The molecule has 17 heavy (non-hydrogen) atoms. The summed E-state index contributed by atoms with van der Waals surface area (Å²) in [6.07, 6.45) is 0. The van der Waals surface area contributed by atoms with Crippen molar-refractivity contribution in [2.24, 2.45) is 5.92 Å². The number of nitrogens with one attached hydrogen (secondary N) is 2. The van der Waals surface area contributed by atoms with Gasteiger partial charge in [-0.3, -0.25) is 4.79 Å². The lowest BCUT2D eigenvalue weighted by Gasteiger charge is -2.14. The molecule has 0 bridgehead atoms.